The molecule has 0 aromatic carbocycles. The summed E-state index contributed by atoms with van der Waals surface area (Å²) in [4.78, 5) is 16.1. The third-order valence-corrected chi connectivity index (χ3v) is 4.30. The molecule has 0 bridgehead atoms. The first kappa shape index (κ1) is 12.1. The highest BCUT2D eigenvalue weighted by molar-refractivity contribution is 7.09. The van der Waals surface area contributed by atoms with E-state index in [1.165, 1.54) is 0 Å². The SMILES string of the molecule is CC(CNC(=O)C1(C#N)CCC1)c1nccs1. The molecule has 0 radical (unpaired) electrons. The third-order valence-electron chi connectivity index (χ3n) is 3.30. The molecule has 1 aliphatic carbocycles. The van der Waals surface area contributed by atoms with Crippen molar-refractivity contribution in [3.05, 3.63) is 16.6 Å². The van der Waals surface area contributed by atoms with E-state index in [4.69, 9.17) is 5.26 Å². The zero-order chi connectivity index (χ0) is 12.3. The molecule has 0 aliphatic heterocycles. The Labute approximate surface area is 105 Å². The minimum absolute atomic E-state index is 0.116. The van der Waals surface area contributed by atoms with Gasteiger partial charge in [-0.25, -0.2) is 4.98 Å². The van der Waals surface area contributed by atoms with Crippen LogP contribution in [-0.4, -0.2) is 17.4 Å². The van der Waals surface area contributed by atoms with Crippen LogP contribution in [-0.2, 0) is 4.79 Å². The molecule has 1 aromatic rings. The molecular formula is C12H15N3OS. The third kappa shape index (κ3) is 2.32. The zero-order valence-corrected chi connectivity index (χ0v) is 10.6. The van der Waals surface area contributed by atoms with Gasteiger partial charge in [-0.1, -0.05) is 6.92 Å². The standard InChI is InChI=1S/C12H15N3OS/c1-9(10-14-5-6-17-10)7-15-11(16)12(8-13)3-2-4-12/h5-6,9H,2-4,7H2,1H3,(H,15,16). The lowest BCUT2D eigenvalue weighted by Gasteiger charge is -2.33. The number of carbonyl (C=O) groups is 1. The predicted molar refractivity (Wildman–Crippen MR) is 65.4 cm³/mol. The van der Waals surface area contributed by atoms with Crippen LogP contribution in [0.3, 0.4) is 0 Å². The molecular weight excluding hydrogens is 234 g/mol. The zero-order valence-electron chi connectivity index (χ0n) is 9.77. The highest BCUT2D eigenvalue weighted by atomic mass is 32.1. The minimum atomic E-state index is -0.747. The highest BCUT2D eigenvalue weighted by Crippen LogP contribution is 2.40. The molecule has 1 N–H and O–H groups in total. The second kappa shape index (κ2) is 4.84. The van der Waals surface area contributed by atoms with Gasteiger partial charge in [0.25, 0.3) is 0 Å². The summed E-state index contributed by atoms with van der Waals surface area (Å²) < 4.78 is 0. The maximum atomic E-state index is 11.9. The van der Waals surface area contributed by atoms with E-state index in [0.29, 0.717) is 19.4 Å². The van der Waals surface area contributed by atoms with Crippen LogP contribution in [0.25, 0.3) is 0 Å². The monoisotopic (exact) mass is 249 g/mol. The van der Waals surface area contributed by atoms with Crippen molar-refractivity contribution in [3.8, 4) is 6.07 Å². The van der Waals surface area contributed by atoms with Crippen LogP contribution in [0.1, 0.15) is 37.1 Å². The van der Waals surface area contributed by atoms with Gasteiger partial charge in [-0.15, -0.1) is 11.3 Å². The second-order valence-electron chi connectivity index (χ2n) is 4.53. The fourth-order valence-corrected chi connectivity index (χ4v) is 2.60. The maximum absolute atomic E-state index is 11.9. The molecule has 90 valence electrons. The van der Waals surface area contributed by atoms with E-state index >= 15 is 0 Å². The summed E-state index contributed by atoms with van der Waals surface area (Å²) in [6, 6.07) is 2.15. The van der Waals surface area contributed by atoms with Gasteiger partial charge in [-0.2, -0.15) is 5.26 Å². The molecule has 1 atom stereocenters. The summed E-state index contributed by atoms with van der Waals surface area (Å²) in [5, 5.41) is 14.9. The maximum Gasteiger partial charge on any atom is 0.240 e. The molecule has 1 heterocycles. The molecule has 0 spiro atoms. The molecule has 2 rings (SSSR count). The van der Waals surface area contributed by atoms with Gasteiger partial charge in [0.05, 0.1) is 11.1 Å². The van der Waals surface area contributed by atoms with Crippen molar-refractivity contribution in [2.45, 2.75) is 32.1 Å². The lowest BCUT2D eigenvalue weighted by molar-refractivity contribution is -0.131. The van der Waals surface area contributed by atoms with E-state index in [1.54, 1.807) is 17.5 Å². The molecule has 17 heavy (non-hydrogen) atoms. The predicted octanol–water partition coefficient (Wildman–Crippen LogP) is 2.06. The van der Waals surface area contributed by atoms with Crippen molar-refractivity contribution >= 4 is 17.2 Å². The number of amides is 1. The Morgan fingerprint density at radius 3 is 3.00 bits per heavy atom. The fraction of sp³-hybridized carbons (Fsp3) is 0.583. The van der Waals surface area contributed by atoms with Crippen molar-refractivity contribution < 1.29 is 4.79 Å². The molecule has 5 heteroatoms. The quantitative estimate of drug-likeness (QED) is 0.888. The van der Waals surface area contributed by atoms with E-state index in [1.807, 2.05) is 12.3 Å². The number of hydrogen-bond acceptors (Lipinski definition) is 4. The van der Waals surface area contributed by atoms with E-state index in [0.717, 1.165) is 11.4 Å². The Hall–Kier alpha value is -1.41. The van der Waals surface area contributed by atoms with Crippen LogP contribution in [0.4, 0.5) is 0 Å². The van der Waals surface area contributed by atoms with Gasteiger partial charge in [0, 0.05) is 24.0 Å². The minimum Gasteiger partial charge on any atom is -0.354 e. The molecule has 1 aliphatic rings. The van der Waals surface area contributed by atoms with Gasteiger partial charge in [-0.3, -0.25) is 4.79 Å². The topological polar surface area (TPSA) is 65.8 Å². The Kier molecular flexibility index (Phi) is 3.43. The van der Waals surface area contributed by atoms with Crippen LogP contribution in [0, 0.1) is 16.7 Å². The Morgan fingerprint density at radius 2 is 2.53 bits per heavy atom. The van der Waals surface area contributed by atoms with Gasteiger partial charge >= 0.3 is 0 Å². The Balaban J connectivity index is 1.87. The molecule has 1 fully saturated rings. The second-order valence-corrected chi connectivity index (χ2v) is 5.46. The first-order valence-corrected chi connectivity index (χ1v) is 6.65. The summed E-state index contributed by atoms with van der Waals surface area (Å²) in [5.41, 5.74) is -0.747. The average molecular weight is 249 g/mol. The van der Waals surface area contributed by atoms with Gasteiger partial charge in [0.1, 0.15) is 5.41 Å². The number of aromatic nitrogens is 1. The summed E-state index contributed by atoms with van der Waals surface area (Å²) in [6.45, 7) is 2.58. The molecule has 1 amide bonds. The lowest BCUT2D eigenvalue weighted by atomic mass is 9.69. The van der Waals surface area contributed by atoms with Crippen LogP contribution >= 0.6 is 11.3 Å². The van der Waals surface area contributed by atoms with E-state index in [2.05, 4.69) is 16.4 Å². The van der Waals surface area contributed by atoms with Gasteiger partial charge in [0.2, 0.25) is 5.91 Å². The van der Waals surface area contributed by atoms with Crippen LogP contribution < -0.4 is 5.32 Å². The van der Waals surface area contributed by atoms with Crippen LogP contribution in [0.2, 0.25) is 0 Å². The Bertz CT molecular complexity index is 431. The highest BCUT2D eigenvalue weighted by Gasteiger charge is 2.44. The molecule has 1 saturated carbocycles. The van der Waals surface area contributed by atoms with Crippen LogP contribution in [0.5, 0.6) is 0 Å². The molecule has 4 nitrogen and oxygen atoms in total. The number of rotatable bonds is 4. The normalized spacial score (nSPS) is 18.8. The number of hydrogen-bond donors (Lipinski definition) is 1. The van der Waals surface area contributed by atoms with E-state index in [-0.39, 0.29) is 11.8 Å². The summed E-state index contributed by atoms with van der Waals surface area (Å²) in [7, 11) is 0. The first-order valence-electron chi connectivity index (χ1n) is 5.77. The summed E-state index contributed by atoms with van der Waals surface area (Å²) >= 11 is 1.59. The number of nitrogens with zero attached hydrogens (tertiary/aromatic N) is 2. The molecule has 0 saturated heterocycles. The number of carbonyl (C=O) groups excluding carboxylic acids is 1. The fourth-order valence-electron chi connectivity index (χ4n) is 1.90. The van der Waals surface area contributed by atoms with Gasteiger partial charge < -0.3 is 5.32 Å². The number of nitrogens with one attached hydrogen (secondary N) is 1. The first-order chi connectivity index (χ1) is 8.18. The summed E-state index contributed by atoms with van der Waals surface area (Å²) in [5.74, 6) is 0.0874. The van der Waals surface area contributed by atoms with Crippen molar-refractivity contribution in [3.63, 3.8) is 0 Å². The van der Waals surface area contributed by atoms with E-state index < -0.39 is 5.41 Å². The van der Waals surface area contributed by atoms with Crippen LogP contribution in [0.15, 0.2) is 11.6 Å². The largest absolute Gasteiger partial charge is 0.354 e. The summed E-state index contributed by atoms with van der Waals surface area (Å²) in [6.07, 6.45) is 4.13. The molecule has 1 unspecified atom stereocenters. The molecule has 1 aromatic heterocycles. The lowest BCUT2D eigenvalue weighted by Crippen LogP contribution is -2.45. The van der Waals surface area contributed by atoms with Crippen molar-refractivity contribution in [2.24, 2.45) is 5.41 Å². The Morgan fingerprint density at radius 1 is 1.76 bits per heavy atom. The van der Waals surface area contributed by atoms with E-state index in [9.17, 15) is 4.79 Å². The average Bonchev–Trinajstić information content (AvgIpc) is 2.78. The number of nitriles is 1. The van der Waals surface area contributed by atoms with Crippen molar-refractivity contribution in [2.75, 3.05) is 6.54 Å². The van der Waals surface area contributed by atoms with Gasteiger partial charge in [-0.05, 0) is 19.3 Å². The van der Waals surface area contributed by atoms with Crippen molar-refractivity contribution in [1.29, 1.82) is 5.26 Å². The van der Waals surface area contributed by atoms with Gasteiger partial charge in [0.15, 0.2) is 0 Å². The number of thiazole rings is 1. The smallest absolute Gasteiger partial charge is 0.240 e. The van der Waals surface area contributed by atoms with Crippen molar-refractivity contribution in [1.82, 2.24) is 10.3 Å².